The second kappa shape index (κ2) is 7.83. The van der Waals surface area contributed by atoms with Gasteiger partial charge in [0.05, 0.1) is 22.4 Å². The van der Waals surface area contributed by atoms with Gasteiger partial charge in [0.25, 0.3) is 0 Å². The highest BCUT2D eigenvalue weighted by molar-refractivity contribution is 7.19. The van der Waals surface area contributed by atoms with Crippen molar-refractivity contribution in [1.82, 2.24) is 10.3 Å². The third-order valence-electron chi connectivity index (χ3n) is 4.62. The summed E-state index contributed by atoms with van der Waals surface area (Å²) >= 11 is 7.79. The van der Waals surface area contributed by atoms with Crippen molar-refractivity contribution >= 4 is 33.2 Å². The summed E-state index contributed by atoms with van der Waals surface area (Å²) in [7, 11) is 0. The number of aliphatic hydroxyl groups is 1. The van der Waals surface area contributed by atoms with E-state index in [1.54, 1.807) is 12.3 Å². The van der Waals surface area contributed by atoms with E-state index in [0.717, 1.165) is 52.2 Å². The van der Waals surface area contributed by atoms with Crippen molar-refractivity contribution in [3.05, 3.63) is 45.9 Å². The number of nitriles is 1. The fraction of sp³-hybridized carbons (Fsp3) is 0.300. The van der Waals surface area contributed by atoms with Gasteiger partial charge in [-0.2, -0.15) is 5.26 Å². The summed E-state index contributed by atoms with van der Waals surface area (Å²) < 4.78 is 7.23. The maximum Gasteiger partial charge on any atom is 0.145 e. The molecule has 0 aliphatic carbocycles. The average Bonchev–Trinajstić information content (AvgIpc) is 3.13. The number of piperidine rings is 1. The Hall–Kier alpha value is -2.17. The second-order valence-electron chi connectivity index (χ2n) is 6.47. The Labute approximate surface area is 166 Å². The second-order valence-corrected chi connectivity index (χ2v) is 8.04. The van der Waals surface area contributed by atoms with Gasteiger partial charge in [0.15, 0.2) is 0 Å². The highest BCUT2D eigenvalue weighted by atomic mass is 35.5. The Morgan fingerprint density at radius 2 is 2.26 bits per heavy atom. The lowest BCUT2D eigenvalue weighted by atomic mass is 10.0. The van der Waals surface area contributed by atoms with Crippen molar-refractivity contribution in [2.45, 2.75) is 25.6 Å². The number of pyridine rings is 1. The van der Waals surface area contributed by atoms with Crippen LogP contribution in [0.1, 0.15) is 23.3 Å². The highest BCUT2D eigenvalue weighted by Crippen LogP contribution is 2.42. The minimum atomic E-state index is -0.0312. The van der Waals surface area contributed by atoms with Gasteiger partial charge in [-0.25, -0.2) is 0 Å². The number of ether oxygens (including phenoxy) is 1. The number of hydrogen-bond donors (Lipinski definition) is 2. The predicted octanol–water partition coefficient (Wildman–Crippen LogP) is 4.11. The van der Waals surface area contributed by atoms with Gasteiger partial charge < -0.3 is 15.2 Å². The molecule has 3 heterocycles. The molecule has 5 nitrogen and oxygen atoms in total. The van der Waals surface area contributed by atoms with E-state index < -0.39 is 0 Å². The van der Waals surface area contributed by atoms with Gasteiger partial charge in [0.2, 0.25) is 0 Å². The van der Waals surface area contributed by atoms with Gasteiger partial charge in [-0.3, -0.25) is 4.98 Å². The van der Waals surface area contributed by atoms with Gasteiger partial charge in [-0.1, -0.05) is 11.6 Å². The van der Waals surface area contributed by atoms with E-state index in [1.165, 1.54) is 11.3 Å². The van der Waals surface area contributed by atoms with Crippen molar-refractivity contribution < 1.29 is 9.84 Å². The number of fused-ring (bicyclic) bond motifs is 1. The Morgan fingerprint density at radius 1 is 1.37 bits per heavy atom. The van der Waals surface area contributed by atoms with Crippen LogP contribution in [-0.2, 0) is 6.61 Å². The summed E-state index contributed by atoms with van der Waals surface area (Å²) in [6.07, 6.45) is 3.73. The highest BCUT2D eigenvalue weighted by Gasteiger charge is 2.22. The van der Waals surface area contributed by atoms with E-state index in [4.69, 9.17) is 16.3 Å². The molecular formula is C20H18ClN3O2S. The summed E-state index contributed by atoms with van der Waals surface area (Å²) in [6.45, 7) is 1.71. The molecule has 0 spiro atoms. The van der Waals surface area contributed by atoms with Crippen LogP contribution in [0.3, 0.4) is 0 Å². The lowest BCUT2D eigenvalue weighted by Gasteiger charge is -2.26. The van der Waals surface area contributed by atoms with Crippen molar-refractivity contribution in [2.75, 3.05) is 13.1 Å². The normalized spacial score (nSPS) is 17.0. The molecule has 0 saturated carbocycles. The molecule has 2 aromatic heterocycles. The first kappa shape index (κ1) is 18.2. The lowest BCUT2D eigenvalue weighted by Crippen LogP contribution is -2.37. The third-order valence-corrected chi connectivity index (χ3v) is 5.98. The topological polar surface area (TPSA) is 78.2 Å². The molecule has 1 aliphatic rings. The Bertz CT molecular complexity index is 1020. The van der Waals surface area contributed by atoms with Crippen LogP contribution in [-0.4, -0.2) is 29.3 Å². The number of nitrogens with one attached hydrogen (secondary N) is 1. The molecule has 0 unspecified atom stereocenters. The molecule has 2 N–H and O–H groups in total. The molecule has 0 radical (unpaired) electrons. The van der Waals surface area contributed by atoms with E-state index in [-0.39, 0.29) is 12.7 Å². The quantitative estimate of drug-likeness (QED) is 0.690. The van der Waals surface area contributed by atoms with Crippen LogP contribution in [0.5, 0.6) is 5.75 Å². The van der Waals surface area contributed by atoms with Gasteiger partial charge >= 0.3 is 0 Å². The number of thiophene rings is 1. The zero-order chi connectivity index (χ0) is 18.8. The minimum absolute atomic E-state index is 0.0134. The maximum atomic E-state index is 9.65. The molecular weight excluding hydrogens is 382 g/mol. The Kier molecular flexibility index (Phi) is 5.28. The number of halogens is 1. The van der Waals surface area contributed by atoms with E-state index in [0.29, 0.717) is 16.3 Å². The van der Waals surface area contributed by atoms with Crippen LogP contribution in [0.25, 0.3) is 21.3 Å². The number of aromatic nitrogens is 1. The van der Waals surface area contributed by atoms with E-state index in [2.05, 4.69) is 16.4 Å². The average molecular weight is 400 g/mol. The number of nitrogens with zero attached hydrogens (tertiary/aromatic N) is 2. The van der Waals surface area contributed by atoms with Gasteiger partial charge in [0, 0.05) is 33.8 Å². The molecule has 138 valence electrons. The first-order valence-electron chi connectivity index (χ1n) is 8.79. The molecule has 1 saturated heterocycles. The SMILES string of the molecule is N#Cc1cc(Cl)cc(-c2ccnc3cc(CO)sc23)c1O[C@H]1CCCNC1. The van der Waals surface area contributed by atoms with E-state index >= 15 is 0 Å². The lowest BCUT2D eigenvalue weighted by molar-refractivity contribution is 0.167. The number of benzene rings is 1. The standard InChI is InChI=1S/C20H18ClN3O2S/c21-13-6-12(9-22)19(26-14-2-1-4-23-10-14)17(7-13)16-3-5-24-18-8-15(11-25)27-20(16)18/h3,5-8,14,23,25H,1-2,4,10-11H2/t14-/m0/s1. The van der Waals surface area contributed by atoms with E-state index in [1.807, 2.05) is 18.2 Å². The van der Waals surface area contributed by atoms with Crippen molar-refractivity contribution in [3.63, 3.8) is 0 Å². The van der Waals surface area contributed by atoms with Crippen LogP contribution < -0.4 is 10.1 Å². The first-order chi connectivity index (χ1) is 13.2. The summed E-state index contributed by atoms with van der Waals surface area (Å²) in [5.41, 5.74) is 2.92. The molecule has 1 aliphatic heterocycles. The van der Waals surface area contributed by atoms with Crippen LogP contribution in [0.15, 0.2) is 30.5 Å². The molecule has 7 heteroatoms. The monoisotopic (exact) mass is 399 g/mol. The molecule has 27 heavy (non-hydrogen) atoms. The Morgan fingerprint density at radius 3 is 3.00 bits per heavy atom. The van der Waals surface area contributed by atoms with Crippen LogP contribution in [0.2, 0.25) is 5.02 Å². The fourth-order valence-corrected chi connectivity index (χ4v) is 4.59. The number of aliphatic hydroxyl groups excluding tert-OH is 1. The smallest absolute Gasteiger partial charge is 0.145 e. The molecule has 0 amide bonds. The maximum absolute atomic E-state index is 9.65. The van der Waals surface area contributed by atoms with Gasteiger partial charge in [-0.05, 0) is 43.7 Å². The first-order valence-corrected chi connectivity index (χ1v) is 9.98. The van der Waals surface area contributed by atoms with Crippen molar-refractivity contribution in [2.24, 2.45) is 0 Å². The largest absolute Gasteiger partial charge is 0.487 e. The zero-order valence-electron chi connectivity index (χ0n) is 14.5. The summed E-state index contributed by atoms with van der Waals surface area (Å²) in [5, 5.41) is 23.0. The fourth-order valence-electron chi connectivity index (χ4n) is 3.37. The molecule has 3 aromatic rings. The summed E-state index contributed by atoms with van der Waals surface area (Å²) in [5.74, 6) is 0.557. The van der Waals surface area contributed by atoms with Crippen molar-refractivity contribution in [3.8, 4) is 22.9 Å². The number of rotatable bonds is 4. The van der Waals surface area contributed by atoms with Gasteiger partial charge in [0.1, 0.15) is 17.9 Å². The van der Waals surface area contributed by atoms with E-state index in [9.17, 15) is 10.4 Å². The molecule has 0 bridgehead atoms. The molecule has 1 fully saturated rings. The number of hydrogen-bond acceptors (Lipinski definition) is 6. The predicted molar refractivity (Wildman–Crippen MR) is 107 cm³/mol. The molecule has 4 rings (SSSR count). The minimum Gasteiger partial charge on any atom is -0.487 e. The van der Waals surface area contributed by atoms with Gasteiger partial charge in [-0.15, -0.1) is 11.3 Å². The van der Waals surface area contributed by atoms with Crippen LogP contribution in [0.4, 0.5) is 0 Å². The molecule has 1 aromatic carbocycles. The summed E-state index contributed by atoms with van der Waals surface area (Å²) in [4.78, 5) is 5.24. The van der Waals surface area contributed by atoms with Crippen LogP contribution >= 0.6 is 22.9 Å². The Balaban J connectivity index is 1.88. The van der Waals surface area contributed by atoms with Crippen LogP contribution in [0, 0.1) is 11.3 Å². The van der Waals surface area contributed by atoms with Crippen molar-refractivity contribution in [1.29, 1.82) is 5.26 Å². The zero-order valence-corrected chi connectivity index (χ0v) is 16.1. The summed E-state index contributed by atoms with van der Waals surface area (Å²) in [6, 6.07) is 9.48. The molecule has 1 atom stereocenters. The third kappa shape index (κ3) is 3.64.